The van der Waals surface area contributed by atoms with Crippen LogP contribution in [0.5, 0.6) is 5.95 Å². The molecule has 5 heteroatoms. The Morgan fingerprint density at radius 1 is 1.33 bits per heavy atom. The highest BCUT2D eigenvalue weighted by Crippen LogP contribution is 2.09. The molecular weight excluding hydrogens is 216 g/mol. The van der Waals surface area contributed by atoms with Crippen LogP contribution in [0, 0.1) is 0 Å². The summed E-state index contributed by atoms with van der Waals surface area (Å²) in [4.78, 5) is 0. The number of halogens is 1. The summed E-state index contributed by atoms with van der Waals surface area (Å²) in [5.74, 6) is -0.425. The smallest absolute Gasteiger partial charge is 0.221 e. The zero-order valence-corrected chi connectivity index (χ0v) is 8.65. The minimum atomic E-state index is -0.425. The molecule has 0 saturated carbocycles. The Kier molecular flexibility index (Phi) is 2.87. The van der Waals surface area contributed by atoms with Crippen LogP contribution in [-0.2, 0) is 13.0 Å². The van der Waals surface area contributed by atoms with Crippen LogP contribution in [0.3, 0.4) is 0 Å². The maximum Gasteiger partial charge on any atom is 0.221 e. The lowest BCUT2D eigenvalue weighted by atomic mass is 10.1. The molecule has 0 aliphatic rings. The van der Waals surface area contributed by atoms with E-state index in [4.69, 9.17) is 11.6 Å². The van der Waals surface area contributed by atoms with E-state index in [0.29, 0.717) is 6.54 Å². The van der Waals surface area contributed by atoms with E-state index in [1.165, 1.54) is 10.9 Å². The fourth-order valence-electron chi connectivity index (χ4n) is 1.26. The van der Waals surface area contributed by atoms with E-state index in [9.17, 15) is 5.11 Å². The third-order valence-electron chi connectivity index (χ3n) is 2.03. The van der Waals surface area contributed by atoms with Gasteiger partial charge in [0.2, 0.25) is 6.20 Å². The maximum absolute atomic E-state index is 10.7. The van der Waals surface area contributed by atoms with Crippen LogP contribution >= 0.6 is 11.6 Å². The summed E-state index contributed by atoms with van der Waals surface area (Å²) in [6, 6.07) is 7.56. The van der Waals surface area contributed by atoms with Crippen LogP contribution in [0.4, 0.5) is 0 Å². The van der Waals surface area contributed by atoms with E-state index in [-0.39, 0.29) is 0 Å². The third kappa shape index (κ3) is 2.70. The lowest BCUT2D eigenvalue weighted by Gasteiger charge is -1.96. The van der Waals surface area contributed by atoms with Gasteiger partial charge in [-0.1, -0.05) is 28.4 Å². The standard InChI is InChI=1S/C10H9ClN2O2/c11-9-3-1-8(2-4-9)5-6-13-7-10(14)15-12-13/h1-4,7H,5-6H2. The summed E-state index contributed by atoms with van der Waals surface area (Å²) in [6.45, 7) is 0.618. The molecule has 0 spiro atoms. The van der Waals surface area contributed by atoms with Gasteiger partial charge < -0.3 is 9.63 Å². The molecule has 15 heavy (non-hydrogen) atoms. The van der Waals surface area contributed by atoms with Gasteiger partial charge in [0.15, 0.2) is 6.54 Å². The topological polar surface area (TPSA) is 53.0 Å². The molecule has 2 aromatic rings. The van der Waals surface area contributed by atoms with Gasteiger partial charge in [0.25, 0.3) is 0 Å². The molecule has 0 saturated heterocycles. The zero-order valence-electron chi connectivity index (χ0n) is 7.89. The number of aryl methyl sites for hydroxylation is 2. The van der Waals surface area contributed by atoms with Crippen LogP contribution < -0.4 is 9.79 Å². The van der Waals surface area contributed by atoms with Crippen molar-refractivity contribution in [2.45, 2.75) is 13.0 Å². The lowest BCUT2D eigenvalue weighted by molar-refractivity contribution is -0.762. The predicted molar refractivity (Wildman–Crippen MR) is 51.3 cm³/mol. The molecule has 78 valence electrons. The van der Waals surface area contributed by atoms with Crippen LogP contribution in [0.1, 0.15) is 5.56 Å². The first-order valence-corrected chi connectivity index (χ1v) is 4.90. The van der Waals surface area contributed by atoms with Crippen LogP contribution in [-0.4, -0.2) is 5.27 Å². The number of nitrogens with zero attached hydrogens (tertiary/aromatic N) is 2. The Balaban J connectivity index is 1.96. The molecule has 0 amide bonds. The van der Waals surface area contributed by atoms with Crippen molar-refractivity contribution in [2.75, 3.05) is 0 Å². The minimum Gasteiger partial charge on any atom is -0.539 e. The van der Waals surface area contributed by atoms with Crippen molar-refractivity contribution in [3.05, 3.63) is 41.0 Å². The normalized spacial score (nSPS) is 10.5. The molecule has 1 aromatic heterocycles. The van der Waals surface area contributed by atoms with E-state index in [1.54, 1.807) is 0 Å². The third-order valence-corrected chi connectivity index (χ3v) is 2.28. The number of rotatable bonds is 3. The van der Waals surface area contributed by atoms with E-state index in [1.807, 2.05) is 24.3 Å². The Hall–Kier alpha value is -1.55. The molecule has 0 aliphatic heterocycles. The summed E-state index contributed by atoms with van der Waals surface area (Å²) in [6.07, 6.45) is 2.11. The highest BCUT2D eigenvalue weighted by Gasteiger charge is 2.03. The number of aromatic nitrogens is 2. The molecule has 2 rings (SSSR count). The molecule has 0 unspecified atom stereocenters. The van der Waals surface area contributed by atoms with Gasteiger partial charge in [0.05, 0.1) is 5.27 Å². The highest BCUT2D eigenvalue weighted by atomic mass is 35.5. The number of benzene rings is 1. The maximum atomic E-state index is 10.7. The van der Waals surface area contributed by atoms with Crippen LogP contribution in [0.15, 0.2) is 35.0 Å². The van der Waals surface area contributed by atoms with Crippen molar-refractivity contribution in [1.82, 2.24) is 5.27 Å². The van der Waals surface area contributed by atoms with Gasteiger partial charge in [-0.05, 0) is 17.7 Å². The first-order chi connectivity index (χ1) is 7.24. The van der Waals surface area contributed by atoms with E-state index >= 15 is 0 Å². The van der Waals surface area contributed by atoms with Gasteiger partial charge >= 0.3 is 0 Å². The molecule has 1 aromatic carbocycles. The Morgan fingerprint density at radius 2 is 2.07 bits per heavy atom. The van der Waals surface area contributed by atoms with Crippen LogP contribution in [0.2, 0.25) is 5.02 Å². The van der Waals surface area contributed by atoms with Gasteiger partial charge in [-0.3, -0.25) is 0 Å². The Bertz CT molecular complexity index is 439. The van der Waals surface area contributed by atoms with Gasteiger partial charge in [-0.25, -0.2) is 0 Å². The van der Waals surface area contributed by atoms with E-state index in [0.717, 1.165) is 17.0 Å². The lowest BCUT2D eigenvalue weighted by Crippen LogP contribution is -2.35. The summed E-state index contributed by atoms with van der Waals surface area (Å²) < 4.78 is 5.89. The van der Waals surface area contributed by atoms with Crippen molar-refractivity contribution in [3.8, 4) is 5.95 Å². The van der Waals surface area contributed by atoms with Gasteiger partial charge in [0.1, 0.15) is 5.95 Å². The first-order valence-electron chi connectivity index (χ1n) is 4.52. The average Bonchev–Trinajstić information content (AvgIpc) is 2.64. The summed E-state index contributed by atoms with van der Waals surface area (Å²) in [5.41, 5.74) is 1.14. The van der Waals surface area contributed by atoms with Crippen molar-refractivity contribution in [1.29, 1.82) is 0 Å². The van der Waals surface area contributed by atoms with E-state index < -0.39 is 5.95 Å². The van der Waals surface area contributed by atoms with Crippen molar-refractivity contribution in [3.63, 3.8) is 0 Å². The second-order valence-electron chi connectivity index (χ2n) is 3.16. The van der Waals surface area contributed by atoms with Crippen molar-refractivity contribution >= 4 is 11.6 Å². The van der Waals surface area contributed by atoms with Gasteiger partial charge in [-0.15, -0.1) is 0 Å². The van der Waals surface area contributed by atoms with Gasteiger partial charge in [-0.2, -0.15) is 0 Å². The monoisotopic (exact) mass is 224 g/mol. The molecule has 0 atom stereocenters. The second kappa shape index (κ2) is 4.31. The highest BCUT2D eigenvalue weighted by molar-refractivity contribution is 6.30. The number of hydrogen-bond donors (Lipinski definition) is 0. The average molecular weight is 225 g/mol. The fraction of sp³-hybridized carbons (Fsp3) is 0.200. The predicted octanol–water partition coefficient (Wildman–Crippen LogP) is 0.932. The Morgan fingerprint density at radius 3 is 2.67 bits per heavy atom. The molecule has 1 heterocycles. The fourth-order valence-corrected chi connectivity index (χ4v) is 1.39. The molecule has 0 radical (unpaired) electrons. The second-order valence-corrected chi connectivity index (χ2v) is 3.60. The summed E-state index contributed by atoms with van der Waals surface area (Å²) in [7, 11) is 0. The van der Waals surface area contributed by atoms with E-state index in [2.05, 4.69) is 9.79 Å². The van der Waals surface area contributed by atoms with Crippen LogP contribution in [0.25, 0.3) is 0 Å². The number of hydrogen-bond acceptors (Lipinski definition) is 3. The quantitative estimate of drug-likeness (QED) is 0.729. The zero-order chi connectivity index (χ0) is 10.7. The van der Waals surface area contributed by atoms with Crippen molar-refractivity contribution in [2.24, 2.45) is 0 Å². The molecular formula is C10H9ClN2O2. The SMILES string of the molecule is [O-]c1c[n+](CCc2ccc(Cl)cc2)no1. The molecule has 0 N–H and O–H groups in total. The van der Waals surface area contributed by atoms with Crippen molar-refractivity contribution < 1.29 is 14.3 Å². The summed E-state index contributed by atoms with van der Waals surface area (Å²) >= 11 is 5.76. The largest absolute Gasteiger partial charge is 0.539 e. The summed E-state index contributed by atoms with van der Waals surface area (Å²) in [5, 5.41) is 14.9. The van der Waals surface area contributed by atoms with Gasteiger partial charge in [0, 0.05) is 11.4 Å². The molecule has 0 bridgehead atoms. The molecule has 0 fully saturated rings. The molecule has 0 aliphatic carbocycles. The Labute approximate surface area is 91.7 Å². The first kappa shape index (κ1) is 9.98. The minimum absolute atomic E-state index is 0.425. The molecule has 4 nitrogen and oxygen atoms in total.